The van der Waals surface area contributed by atoms with Crippen molar-refractivity contribution in [3.63, 3.8) is 0 Å². The van der Waals surface area contributed by atoms with E-state index in [0.717, 1.165) is 28.0 Å². The average molecular weight is 259 g/mol. The van der Waals surface area contributed by atoms with Crippen molar-refractivity contribution >= 4 is 22.3 Å². The van der Waals surface area contributed by atoms with E-state index in [-0.39, 0.29) is 5.54 Å². The molecule has 4 nitrogen and oxygen atoms in total. The summed E-state index contributed by atoms with van der Waals surface area (Å²) < 4.78 is 5.24. The molecule has 1 heterocycles. The van der Waals surface area contributed by atoms with Gasteiger partial charge in [0.1, 0.15) is 0 Å². The molecule has 0 amide bonds. The van der Waals surface area contributed by atoms with Crippen LogP contribution in [0.4, 0.5) is 11.4 Å². The Balaban J connectivity index is 2.49. The monoisotopic (exact) mass is 259 g/mol. The van der Waals surface area contributed by atoms with Crippen LogP contribution in [-0.2, 0) is 4.74 Å². The number of hydrogen-bond acceptors (Lipinski definition) is 4. The Hall–Kier alpha value is -1.81. The second kappa shape index (κ2) is 5.05. The fourth-order valence-electron chi connectivity index (χ4n) is 2.24. The van der Waals surface area contributed by atoms with Gasteiger partial charge in [0, 0.05) is 29.6 Å². The summed E-state index contributed by atoms with van der Waals surface area (Å²) in [7, 11) is 1.71. The van der Waals surface area contributed by atoms with Gasteiger partial charge >= 0.3 is 0 Å². The Morgan fingerprint density at radius 1 is 1.32 bits per heavy atom. The van der Waals surface area contributed by atoms with Crippen LogP contribution < -0.4 is 11.1 Å². The summed E-state index contributed by atoms with van der Waals surface area (Å²) in [6.45, 7) is 6.82. The fraction of sp³-hybridized carbons (Fsp3) is 0.400. The lowest BCUT2D eigenvalue weighted by Gasteiger charge is -2.27. The van der Waals surface area contributed by atoms with Crippen LogP contribution in [0.1, 0.15) is 19.5 Å². The summed E-state index contributed by atoms with van der Waals surface area (Å²) in [4.78, 5) is 4.53. The third kappa shape index (κ3) is 3.15. The minimum absolute atomic E-state index is 0.153. The van der Waals surface area contributed by atoms with E-state index >= 15 is 0 Å². The van der Waals surface area contributed by atoms with Crippen LogP contribution in [0.15, 0.2) is 24.3 Å². The standard InChI is InChI=1S/C15H21N3O/c1-10-7-14(18-15(2,3)9-19-4)12-8-11(16)5-6-13(12)17-10/h5-8H,9,16H2,1-4H3,(H,17,18). The minimum atomic E-state index is -0.153. The highest BCUT2D eigenvalue weighted by Crippen LogP contribution is 2.27. The summed E-state index contributed by atoms with van der Waals surface area (Å²) in [6.07, 6.45) is 0. The zero-order valence-electron chi connectivity index (χ0n) is 11.9. The Morgan fingerprint density at radius 2 is 2.05 bits per heavy atom. The summed E-state index contributed by atoms with van der Waals surface area (Å²) >= 11 is 0. The van der Waals surface area contributed by atoms with Gasteiger partial charge in [0.2, 0.25) is 0 Å². The van der Waals surface area contributed by atoms with Crippen molar-refractivity contribution in [1.82, 2.24) is 4.98 Å². The van der Waals surface area contributed by atoms with Gasteiger partial charge in [-0.1, -0.05) is 0 Å². The van der Waals surface area contributed by atoms with E-state index in [1.54, 1.807) is 7.11 Å². The first-order valence-electron chi connectivity index (χ1n) is 6.35. The van der Waals surface area contributed by atoms with E-state index in [2.05, 4.69) is 24.1 Å². The molecule has 0 atom stereocenters. The van der Waals surface area contributed by atoms with Crippen molar-refractivity contribution in [1.29, 1.82) is 0 Å². The molecule has 0 unspecified atom stereocenters. The molecule has 3 N–H and O–H groups in total. The molecular formula is C15H21N3O. The van der Waals surface area contributed by atoms with Crippen molar-refractivity contribution in [2.75, 3.05) is 24.8 Å². The highest BCUT2D eigenvalue weighted by atomic mass is 16.5. The smallest absolute Gasteiger partial charge is 0.0727 e. The maximum absolute atomic E-state index is 5.87. The van der Waals surface area contributed by atoms with Gasteiger partial charge in [0.25, 0.3) is 0 Å². The van der Waals surface area contributed by atoms with Gasteiger partial charge in [-0.2, -0.15) is 0 Å². The third-order valence-electron chi connectivity index (χ3n) is 2.94. The Labute approximate surface area is 114 Å². The Bertz CT molecular complexity index is 593. The van der Waals surface area contributed by atoms with Gasteiger partial charge in [-0.15, -0.1) is 0 Å². The highest BCUT2D eigenvalue weighted by Gasteiger charge is 2.18. The molecule has 1 aromatic heterocycles. The van der Waals surface area contributed by atoms with Crippen molar-refractivity contribution in [3.8, 4) is 0 Å². The Kier molecular flexibility index (Phi) is 3.62. The molecule has 0 saturated carbocycles. The summed E-state index contributed by atoms with van der Waals surface area (Å²) in [5.41, 5.74) is 9.43. The van der Waals surface area contributed by atoms with E-state index in [9.17, 15) is 0 Å². The average Bonchev–Trinajstić information content (AvgIpc) is 2.29. The van der Waals surface area contributed by atoms with Gasteiger partial charge in [0.05, 0.1) is 17.7 Å². The van der Waals surface area contributed by atoms with Gasteiger partial charge in [-0.3, -0.25) is 4.98 Å². The van der Waals surface area contributed by atoms with Crippen LogP contribution in [0, 0.1) is 6.92 Å². The number of methoxy groups -OCH3 is 1. The molecule has 0 aliphatic carbocycles. The number of hydrogen-bond donors (Lipinski definition) is 2. The van der Waals surface area contributed by atoms with Crippen molar-refractivity contribution < 1.29 is 4.74 Å². The van der Waals surface area contributed by atoms with Crippen LogP contribution in [-0.4, -0.2) is 24.2 Å². The second-order valence-corrected chi connectivity index (χ2v) is 5.53. The lowest BCUT2D eigenvalue weighted by Crippen LogP contribution is -2.36. The molecule has 0 radical (unpaired) electrons. The molecule has 0 bridgehead atoms. The molecule has 0 aliphatic rings. The van der Waals surface area contributed by atoms with Gasteiger partial charge in [0.15, 0.2) is 0 Å². The number of aromatic nitrogens is 1. The number of nitrogens with one attached hydrogen (secondary N) is 1. The number of pyridine rings is 1. The predicted molar refractivity (Wildman–Crippen MR) is 80.5 cm³/mol. The zero-order chi connectivity index (χ0) is 14.0. The quantitative estimate of drug-likeness (QED) is 0.829. The molecule has 102 valence electrons. The Morgan fingerprint density at radius 3 is 2.74 bits per heavy atom. The number of nitrogens with two attached hydrogens (primary N) is 1. The number of anilines is 2. The topological polar surface area (TPSA) is 60.2 Å². The fourth-order valence-corrected chi connectivity index (χ4v) is 2.24. The molecule has 2 rings (SSSR count). The largest absolute Gasteiger partial charge is 0.399 e. The first-order chi connectivity index (χ1) is 8.91. The van der Waals surface area contributed by atoms with Crippen LogP contribution >= 0.6 is 0 Å². The predicted octanol–water partition coefficient (Wildman–Crippen LogP) is 2.96. The minimum Gasteiger partial charge on any atom is -0.399 e. The van der Waals surface area contributed by atoms with Crippen molar-refractivity contribution in [2.24, 2.45) is 0 Å². The molecule has 19 heavy (non-hydrogen) atoms. The van der Waals surface area contributed by atoms with Gasteiger partial charge in [-0.25, -0.2) is 0 Å². The zero-order valence-corrected chi connectivity index (χ0v) is 11.9. The highest BCUT2D eigenvalue weighted by molar-refractivity contribution is 5.93. The number of nitrogen functional groups attached to an aromatic ring is 1. The summed E-state index contributed by atoms with van der Waals surface area (Å²) in [5, 5.41) is 4.55. The van der Waals surface area contributed by atoms with Gasteiger partial charge in [-0.05, 0) is 45.0 Å². The number of nitrogens with zero attached hydrogens (tertiary/aromatic N) is 1. The lowest BCUT2D eigenvalue weighted by molar-refractivity contribution is 0.158. The van der Waals surface area contributed by atoms with Crippen LogP contribution in [0.2, 0.25) is 0 Å². The molecule has 0 saturated heterocycles. The maximum Gasteiger partial charge on any atom is 0.0727 e. The molecule has 2 aromatic rings. The molecule has 0 aliphatic heterocycles. The van der Waals surface area contributed by atoms with Crippen molar-refractivity contribution in [2.45, 2.75) is 26.3 Å². The number of benzene rings is 1. The number of rotatable bonds is 4. The van der Waals surface area contributed by atoms with Gasteiger partial charge < -0.3 is 15.8 Å². The van der Waals surface area contributed by atoms with E-state index < -0.39 is 0 Å². The summed E-state index contributed by atoms with van der Waals surface area (Å²) in [5.74, 6) is 0. The molecular weight excluding hydrogens is 238 g/mol. The second-order valence-electron chi connectivity index (χ2n) is 5.53. The lowest BCUT2D eigenvalue weighted by atomic mass is 10.0. The summed E-state index contributed by atoms with van der Waals surface area (Å²) in [6, 6.07) is 7.82. The SMILES string of the molecule is COCC(C)(C)Nc1cc(C)nc2ccc(N)cc12. The first kappa shape index (κ1) is 13.6. The van der Waals surface area contributed by atoms with Crippen LogP contribution in [0.3, 0.4) is 0 Å². The number of fused-ring (bicyclic) bond motifs is 1. The third-order valence-corrected chi connectivity index (χ3v) is 2.94. The number of ether oxygens (including phenoxy) is 1. The van der Waals surface area contributed by atoms with Crippen LogP contribution in [0.5, 0.6) is 0 Å². The van der Waals surface area contributed by atoms with E-state index in [1.807, 2.05) is 31.2 Å². The molecule has 0 fully saturated rings. The molecule has 1 aromatic carbocycles. The van der Waals surface area contributed by atoms with E-state index in [0.29, 0.717) is 6.61 Å². The van der Waals surface area contributed by atoms with E-state index in [4.69, 9.17) is 10.5 Å². The first-order valence-corrected chi connectivity index (χ1v) is 6.35. The number of aryl methyl sites for hydroxylation is 1. The maximum atomic E-state index is 5.87. The molecule has 0 spiro atoms. The van der Waals surface area contributed by atoms with Crippen LogP contribution in [0.25, 0.3) is 10.9 Å². The van der Waals surface area contributed by atoms with E-state index in [1.165, 1.54) is 0 Å². The normalized spacial score (nSPS) is 11.8. The van der Waals surface area contributed by atoms with Crippen molar-refractivity contribution in [3.05, 3.63) is 30.0 Å². The molecule has 4 heteroatoms.